The first-order chi connectivity index (χ1) is 8.78. The molecule has 2 atom stereocenters. The van der Waals surface area contributed by atoms with E-state index in [9.17, 15) is 0 Å². The van der Waals surface area contributed by atoms with Gasteiger partial charge in [-0.3, -0.25) is 0 Å². The Labute approximate surface area is 110 Å². The van der Waals surface area contributed by atoms with Crippen LogP contribution in [0.3, 0.4) is 0 Å². The fourth-order valence-corrected chi connectivity index (χ4v) is 2.57. The Morgan fingerprint density at radius 1 is 1.33 bits per heavy atom. The van der Waals surface area contributed by atoms with Gasteiger partial charge in [-0.25, -0.2) is 0 Å². The Morgan fingerprint density at radius 2 is 2.17 bits per heavy atom. The van der Waals surface area contributed by atoms with Gasteiger partial charge in [0.05, 0.1) is 12.6 Å². The Kier molecular flexibility index (Phi) is 5.26. The van der Waals surface area contributed by atoms with E-state index >= 15 is 0 Å². The van der Waals surface area contributed by atoms with Crippen molar-refractivity contribution in [2.75, 3.05) is 6.54 Å². The average Bonchev–Trinajstić information content (AvgIpc) is 2.82. The van der Waals surface area contributed by atoms with Crippen LogP contribution in [-0.4, -0.2) is 12.6 Å². The molecule has 0 amide bonds. The van der Waals surface area contributed by atoms with Crippen LogP contribution in [-0.2, 0) is 17.9 Å². The van der Waals surface area contributed by atoms with Crippen molar-refractivity contribution in [1.29, 1.82) is 0 Å². The molecule has 1 saturated carbocycles. The Hall–Kier alpha value is -0.800. The summed E-state index contributed by atoms with van der Waals surface area (Å²) in [6, 6.07) is 4.06. The molecular weight excluding hydrogens is 226 g/mol. The zero-order valence-corrected chi connectivity index (χ0v) is 11.6. The van der Waals surface area contributed by atoms with E-state index in [2.05, 4.69) is 19.2 Å². The van der Waals surface area contributed by atoms with Gasteiger partial charge in [-0.1, -0.05) is 26.7 Å². The van der Waals surface area contributed by atoms with Crippen LogP contribution in [0.1, 0.15) is 51.1 Å². The van der Waals surface area contributed by atoms with Crippen LogP contribution >= 0.6 is 0 Å². The minimum Gasteiger partial charge on any atom is -0.462 e. The summed E-state index contributed by atoms with van der Waals surface area (Å²) >= 11 is 0. The zero-order chi connectivity index (χ0) is 12.8. The van der Waals surface area contributed by atoms with E-state index in [-0.39, 0.29) is 0 Å². The predicted molar refractivity (Wildman–Crippen MR) is 72.3 cm³/mol. The fourth-order valence-electron chi connectivity index (χ4n) is 2.57. The third-order valence-electron chi connectivity index (χ3n) is 3.62. The molecule has 1 fully saturated rings. The molecule has 1 aliphatic rings. The number of rotatable bonds is 6. The number of hydrogen-bond acceptors (Lipinski definition) is 3. The monoisotopic (exact) mass is 251 g/mol. The van der Waals surface area contributed by atoms with Gasteiger partial charge in [0.1, 0.15) is 18.1 Å². The summed E-state index contributed by atoms with van der Waals surface area (Å²) in [5.41, 5.74) is 0. The lowest BCUT2D eigenvalue weighted by molar-refractivity contribution is -0.00300. The molecule has 18 heavy (non-hydrogen) atoms. The standard InChI is InChI=1S/C15H25NO2/c1-3-16-10-14-7-8-15(18-14)11-17-13-6-4-5-12(2)9-13/h7-8,12-13,16H,3-6,9-11H2,1-2H3. The maximum atomic E-state index is 5.94. The number of nitrogens with one attached hydrogen (secondary N) is 1. The molecule has 0 saturated heterocycles. The Morgan fingerprint density at radius 3 is 2.94 bits per heavy atom. The van der Waals surface area contributed by atoms with Crippen molar-refractivity contribution in [2.45, 2.75) is 58.8 Å². The molecule has 1 N–H and O–H groups in total. The van der Waals surface area contributed by atoms with Crippen LogP contribution in [0.2, 0.25) is 0 Å². The topological polar surface area (TPSA) is 34.4 Å². The number of furan rings is 1. The molecule has 0 bridgehead atoms. The van der Waals surface area contributed by atoms with Crippen molar-refractivity contribution in [3.63, 3.8) is 0 Å². The smallest absolute Gasteiger partial charge is 0.129 e. The molecule has 0 spiro atoms. The van der Waals surface area contributed by atoms with Crippen molar-refractivity contribution < 1.29 is 9.15 Å². The summed E-state index contributed by atoms with van der Waals surface area (Å²) in [4.78, 5) is 0. The van der Waals surface area contributed by atoms with E-state index in [1.807, 2.05) is 12.1 Å². The van der Waals surface area contributed by atoms with Crippen molar-refractivity contribution in [2.24, 2.45) is 5.92 Å². The lowest BCUT2D eigenvalue weighted by Gasteiger charge is -2.26. The lowest BCUT2D eigenvalue weighted by atomic mass is 9.89. The van der Waals surface area contributed by atoms with Crippen molar-refractivity contribution in [3.8, 4) is 0 Å². The predicted octanol–water partition coefficient (Wildman–Crippen LogP) is 3.48. The van der Waals surface area contributed by atoms with Gasteiger partial charge in [0.15, 0.2) is 0 Å². The van der Waals surface area contributed by atoms with E-state index in [0.29, 0.717) is 12.7 Å². The minimum absolute atomic E-state index is 0.427. The van der Waals surface area contributed by atoms with Gasteiger partial charge in [0.2, 0.25) is 0 Å². The molecule has 1 aromatic heterocycles. The van der Waals surface area contributed by atoms with Gasteiger partial charge in [0, 0.05) is 0 Å². The molecular formula is C15H25NO2. The van der Waals surface area contributed by atoms with E-state index in [1.54, 1.807) is 0 Å². The molecule has 3 heteroatoms. The summed E-state index contributed by atoms with van der Waals surface area (Å²) < 4.78 is 11.7. The van der Waals surface area contributed by atoms with Crippen LogP contribution in [0.4, 0.5) is 0 Å². The average molecular weight is 251 g/mol. The second kappa shape index (κ2) is 6.95. The van der Waals surface area contributed by atoms with Crippen molar-refractivity contribution >= 4 is 0 Å². The molecule has 3 nitrogen and oxygen atoms in total. The van der Waals surface area contributed by atoms with Gasteiger partial charge in [-0.2, -0.15) is 0 Å². The second-order valence-electron chi connectivity index (χ2n) is 5.35. The van der Waals surface area contributed by atoms with Gasteiger partial charge >= 0.3 is 0 Å². The van der Waals surface area contributed by atoms with Crippen LogP contribution in [0.25, 0.3) is 0 Å². The van der Waals surface area contributed by atoms with Gasteiger partial charge in [0.25, 0.3) is 0 Å². The molecule has 0 aromatic carbocycles. The number of ether oxygens (including phenoxy) is 1. The summed E-state index contributed by atoms with van der Waals surface area (Å²) in [6.45, 7) is 6.79. The maximum absolute atomic E-state index is 5.94. The first-order valence-electron chi connectivity index (χ1n) is 7.17. The molecule has 2 rings (SSSR count). The first-order valence-corrected chi connectivity index (χ1v) is 7.17. The second-order valence-corrected chi connectivity index (χ2v) is 5.35. The summed E-state index contributed by atoms with van der Waals surface area (Å²) in [5, 5.41) is 3.25. The highest BCUT2D eigenvalue weighted by atomic mass is 16.5. The van der Waals surface area contributed by atoms with Gasteiger partial charge < -0.3 is 14.5 Å². The maximum Gasteiger partial charge on any atom is 0.129 e. The molecule has 2 unspecified atom stereocenters. The third kappa shape index (κ3) is 4.14. The lowest BCUT2D eigenvalue weighted by Crippen LogP contribution is -2.21. The van der Waals surface area contributed by atoms with Gasteiger partial charge in [-0.05, 0) is 37.4 Å². The molecule has 1 heterocycles. The Balaban J connectivity index is 1.74. The van der Waals surface area contributed by atoms with E-state index in [0.717, 1.165) is 30.5 Å². The zero-order valence-electron chi connectivity index (χ0n) is 11.6. The van der Waals surface area contributed by atoms with Gasteiger partial charge in [-0.15, -0.1) is 0 Å². The molecule has 0 radical (unpaired) electrons. The summed E-state index contributed by atoms with van der Waals surface area (Å²) in [7, 11) is 0. The van der Waals surface area contributed by atoms with Crippen LogP contribution < -0.4 is 5.32 Å². The molecule has 1 aromatic rings. The third-order valence-corrected chi connectivity index (χ3v) is 3.62. The van der Waals surface area contributed by atoms with Crippen LogP contribution in [0.15, 0.2) is 16.5 Å². The molecule has 1 aliphatic carbocycles. The van der Waals surface area contributed by atoms with Crippen LogP contribution in [0.5, 0.6) is 0 Å². The summed E-state index contributed by atoms with van der Waals surface area (Å²) in [6.07, 6.45) is 5.49. The van der Waals surface area contributed by atoms with E-state index < -0.39 is 0 Å². The minimum atomic E-state index is 0.427. The Bertz CT molecular complexity index is 348. The largest absolute Gasteiger partial charge is 0.462 e. The highest BCUT2D eigenvalue weighted by Crippen LogP contribution is 2.26. The quantitative estimate of drug-likeness (QED) is 0.840. The van der Waals surface area contributed by atoms with Crippen molar-refractivity contribution in [3.05, 3.63) is 23.7 Å². The van der Waals surface area contributed by atoms with E-state index in [4.69, 9.17) is 9.15 Å². The fraction of sp³-hybridized carbons (Fsp3) is 0.733. The van der Waals surface area contributed by atoms with E-state index in [1.165, 1.54) is 25.7 Å². The normalized spacial score (nSPS) is 24.3. The number of hydrogen-bond donors (Lipinski definition) is 1. The highest BCUT2D eigenvalue weighted by molar-refractivity contribution is 5.06. The first kappa shape index (κ1) is 13.6. The van der Waals surface area contributed by atoms with Crippen LogP contribution in [0, 0.1) is 5.92 Å². The SMILES string of the molecule is CCNCc1ccc(COC2CCCC(C)C2)o1. The van der Waals surface area contributed by atoms with Crippen molar-refractivity contribution in [1.82, 2.24) is 5.32 Å². The molecule has 102 valence electrons. The summed E-state index contributed by atoms with van der Waals surface area (Å²) in [5.74, 6) is 2.75. The molecule has 0 aliphatic heterocycles. The highest BCUT2D eigenvalue weighted by Gasteiger charge is 2.19.